The van der Waals surface area contributed by atoms with E-state index in [1.54, 1.807) is 0 Å². The van der Waals surface area contributed by atoms with E-state index in [0.29, 0.717) is 0 Å². The summed E-state index contributed by atoms with van der Waals surface area (Å²) in [5.41, 5.74) is -1.02. The van der Waals surface area contributed by atoms with Crippen molar-refractivity contribution in [1.82, 2.24) is 19.9 Å². The molecule has 0 aliphatic rings. The summed E-state index contributed by atoms with van der Waals surface area (Å²) in [6, 6.07) is 3.83. The van der Waals surface area contributed by atoms with Crippen LogP contribution in [-0.4, -0.2) is 19.9 Å². The molecule has 132 valence electrons. The van der Waals surface area contributed by atoms with E-state index in [4.69, 9.17) is 11.6 Å². The Balaban J connectivity index is 0.000000151. The molecule has 0 spiro atoms. The summed E-state index contributed by atoms with van der Waals surface area (Å²) < 4.78 is 52.1. The maximum atomic E-state index is 13.1. The summed E-state index contributed by atoms with van der Waals surface area (Å²) in [4.78, 5) is 23.9. The first-order chi connectivity index (χ1) is 12.4. The van der Waals surface area contributed by atoms with Crippen LogP contribution in [-0.2, 0) is 0 Å². The van der Waals surface area contributed by atoms with Gasteiger partial charge in [-0.1, -0.05) is 11.6 Å². The monoisotopic (exact) mass is 382 g/mol. The van der Waals surface area contributed by atoms with Crippen molar-refractivity contribution in [2.45, 2.75) is 0 Å². The summed E-state index contributed by atoms with van der Waals surface area (Å²) in [5.74, 6) is -2.71. The number of nitrogens with one attached hydrogen (secondary N) is 1. The minimum atomic E-state index is -0.772. The summed E-state index contributed by atoms with van der Waals surface area (Å²) in [6.45, 7) is 0. The molecule has 0 saturated heterocycles. The van der Waals surface area contributed by atoms with Crippen LogP contribution in [0.3, 0.4) is 0 Å². The van der Waals surface area contributed by atoms with Gasteiger partial charge in [0.1, 0.15) is 51.2 Å². The van der Waals surface area contributed by atoms with E-state index in [1.165, 1.54) is 0 Å². The molecule has 1 N–H and O–H groups in total. The fraction of sp³-hybridized carbons (Fsp3) is 0. The van der Waals surface area contributed by atoms with Crippen molar-refractivity contribution in [2.75, 3.05) is 0 Å². The molecule has 0 unspecified atom stereocenters. The molecule has 0 amide bonds. The highest BCUT2D eigenvalue weighted by Gasteiger charge is 2.11. The topological polar surface area (TPSA) is 71.5 Å². The number of hydrogen-bond donors (Lipinski definition) is 1. The fourth-order valence-electron chi connectivity index (χ4n) is 2.18. The van der Waals surface area contributed by atoms with E-state index in [-0.39, 0.29) is 27.0 Å². The number of fused-ring (bicyclic) bond motifs is 2. The van der Waals surface area contributed by atoms with Crippen LogP contribution in [0.25, 0.3) is 21.8 Å². The molecule has 2 aromatic carbocycles. The molecular weight excluding hydrogens is 376 g/mol. The summed E-state index contributed by atoms with van der Waals surface area (Å²) in [5, 5.41) is -0.506. The number of rotatable bonds is 0. The molecule has 0 atom stereocenters. The number of hydrogen-bond acceptors (Lipinski definition) is 4. The molecule has 0 saturated carbocycles. The lowest BCUT2D eigenvalue weighted by Crippen LogP contribution is -2.09. The third-order valence-electron chi connectivity index (χ3n) is 3.34. The molecule has 5 nitrogen and oxygen atoms in total. The molecule has 4 aromatic rings. The van der Waals surface area contributed by atoms with Gasteiger partial charge in [0.2, 0.25) is 0 Å². The van der Waals surface area contributed by atoms with Crippen LogP contribution < -0.4 is 5.56 Å². The van der Waals surface area contributed by atoms with Crippen LogP contribution in [0.15, 0.2) is 41.7 Å². The molecule has 0 radical (unpaired) electrons. The van der Waals surface area contributed by atoms with Crippen molar-refractivity contribution >= 4 is 33.4 Å². The molecule has 4 rings (SSSR count). The van der Waals surface area contributed by atoms with Gasteiger partial charge in [0.15, 0.2) is 0 Å². The minimum absolute atomic E-state index is 0.0795. The highest BCUT2D eigenvalue weighted by Crippen LogP contribution is 2.24. The second kappa shape index (κ2) is 7.04. The Kier molecular flexibility index (Phi) is 4.81. The molecule has 2 aromatic heterocycles. The molecule has 26 heavy (non-hydrogen) atoms. The smallest absolute Gasteiger partial charge is 0.261 e. The van der Waals surface area contributed by atoms with Crippen LogP contribution in [0.4, 0.5) is 17.6 Å². The normalized spacial score (nSPS) is 10.7. The number of halogens is 5. The Morgan fingerprint density at radius 3 is 1.88 bits per heavy atom. The van der Waals surface area contributed by atoms with Gasteiger partial charge in [-0.15, -0.1) is 0 Å². The predicted octanol–water partition coefficient (Wildman–Crippen LogP) is 3.76. The van der Waals surface area contributed by atoms with Crippen LogP contribution in [0, 0.1) is 23.3 Å². The number of nitrogens with zero attached hydrogens (tertiary/aromatic N) is 3. The van der Waals surface area contributed by atoms with Crippen molar-refractivity contribution in [2.24, 2.45) is 0 Å². The summed E-state index contributed by atoms with van der Waals surface area (Å²) in [6.07, 6.45) is 2.13. The minimum Gasteiger partial charge on any atom is -0.313 e. The van der Waals surface area contributed by atoms with Gasteiger partial charge >= 0.3 is 0 Å². The van der Waals surface area contributed by atoms with Gasteiger partial charge in [-0.05, 0) is 24.3 Å². The van der Waals surface area contributed by atoms with Crippen molar-refractivity contribution in [1.29, 1.82) is 0 Å². The highest BCUT2D eigenvalue weighted by atomic mass is 35.5. The van der Waals surface area contributed by atoms with Crippen LogP contribution in [0.5, 0.6) is 0 Å². The van der Waals surface area contributed by atoms with Crippen molar-refractivity contribution in [3.8, 4) is 0 Å². The molecule has 0 bridgehead atoms. The number of benzene rings is 2. The zero-order valence-electron chi connectivity index (χ0n) is 12.6. The van der Waals surface area contributed by atoms with Crippen LogP contribution in [0.2, 0.25) is 5.15 Å². The maximum Gasteiger partial charge on any atom is 0.261 e. The second-order valence-corrected chi connectivity index (χ2v) is 5.26. The molecule has 0 fully saturated rings. The Hall–Kier alpha value is -3.07. The van der Waals surface area contributed by atoms with E-state index in [9.17, 15) is 22.4 Å². The van der Waals surface area contributed by atoms with Crippen molar-refractivity contribution in [3.05, 3.63) is 75.7 Å². The zero-order chi connectivity index (χ0) is 18.8. The highest BCUT2D eigenvalue weighted by molar-refractivity contribution is 6.34. The Labute approximate surface area is 147 Å². The fourth-order valence-corrected chi connectivity index (χ4v) is 2.40. The lowest BCUT2D eigenvalue weighted by atomic mass is 10.2. The van der Waals surface area contributed by atoms with E-state index in [2.05, 4.69) is 19.9 Å². The molecular formula is C16H7ClF4N4O. The Morgan fingerprint density at radius 1 is 0.769 bits per heavy atom. The third-order valence-corrected chi connectivity index (χ3v) is 3.62. The van der Waals surface area contributed by atoms with Crippen LogP contribution >= 0.6 is 11.6 Å². The van der Waals surface area contributed by atoms with Crippen molar-refractivity contribution in [3.63, 3.8) is 0 Å². The Bertz CT molecular complexity index is 1170. The van der Waals surface area contributed by atoms with Gasteiger partial charge < -0.3 is 4.98 Å². The molecule has 0 aliphatic heterocycles. The lowest BCUT2D eigenvalue weighted by Gasteiger charge is -2.00. The second-order valence-electron chi connectivity index (χ2n) is 4.90. The van der Waals surface area contributed by atoms with Gasteiger partial charge in [0.05, 0.1) is 11.7 Å². The lowest BCUT2D eigenvalue weighted by molar-refractivity contribution is 0.614. The summed E-state index contributed by atoms with van der Waals surface area (Å²) >= 11 is 5.58. The summed E-state index contributed by atoms with van der Waals surface area (Å²) in [7, 11) is 0. The average molecular weight is 383 g/mol. The first kappa shape index (κ1) is 17.7. The number of H-pyrrole nitrogens is 1. The predicted molar refractivity (Wildman–Crippen MR) is 86.7 cm³/mol. The van der Waals surface area contributed by atoms with Gasteiger partial charge in [-0.25, -0.2) is 32.5 Å². The molecule has 10 heteroatoms. The van der Waals surface area contributed by atoms with Gasteiger partial charge in [0.25, 0.3) is 5.56 Å². The van der Waals surface area contributed by atoms with Gasteiger partial charge in [0, 0.05) is 0 Å². The van der Waals surface area contributed by atoms with E-state index < -0.39 is 28.8 Å². The number of aromatic amines is 1. The standard InChI is InChI=1S/C8H3ClF2N2.C8H4F2N2O/c9-8-6-4(10)1-2-5(11)7(6)12-3-13-8;9-4-1-2-5(10)7-6(4)8(13)12-3-11-7/h1-3H;1-3H,(H,11,12,13). The van der Waals surface area contributed by atoms with Crippen LogP contribution in [0.1, 0.15) is 0 Å². The molecule has 2 heterocycles. The number of aromatic nitrogens is 4. The van der Waals surface area contributed by atoms with E-state index in [0.717, 1.165) is 36.9 Å². The quantitative estimate of drug-likeness (QED) is 0.371. The van der Waals surface area contributed by atoms with Gasteiger partial charge in [-0.3, -0.25) is 4.79 Å². The SMILES string of the molecule is Fc1ccc(F)c2c(Cl)ncnc12.O=c1[nH]cnc2c(F)ccc(F)c12. The molecule has 0 aliphatic carbocycles. The zero-order valence-corrected chi connectivity index (χ0v) is 13.4. The van der Waals surface area contributed by atoms with Gasteiger partial charge in [-0.2, -0.15) is 0 Å². The third kappa shape index (κ3) is 3.21. The first-order valence-corrected chi connectivity index (χ1v) is 7.33. The van der Waals surface area contributed by atoms with E-state index >= 15 is 0 Å². The van der Waals surface area contributed by atoms with Crippen molar-refractivity contribution < 1.29 is 17.6 Å². The maximum absolute atomic E-state index is 13.1. The van der Waals surface area contributed by atoms with E-state index in [1.807, 2.05) is 0 Å². The largest absolute Gasteiger partial charge is 0.313 e. The Morgan fingerprint density at radius 2 is 1.31 bits per heavy atom. The first-order valence-electron chi connectivity index (χ1n) is 6.95. The average Bonchev–Trinajstić information content (AvgIpc) is 2.62.